The number of hydrogen-bond donors (Lipinski definition) is 1. The second-order valence-corrected chi connectivity index (χ2v) is 5.78. The van der Waals surface area contributed by atoms with E-state index >= 15 is 0 Å². The second kappa shape index (κ2) is 6.68. The molecule has 1 heterocycles. The normalized spacial score (nSPS) is 11.4. The summed E-state index contributed by atoms with van der Waals surface area (Å²) in [7, 11) is 0. The van der Waals surface area contributed by atoms with Crippen LogP contribution >= 0.6 is 0 Å². The molecule has 21 heavy (non-hydrogen) atoms. The van der Waals surface area contributed by atoms with Gasteiger partial charge in [-0.15, -0.1) is 0 Å². The lowest BCUT2D eigenvalue weighted by atomic mass is 9.82. The number of benzene rings is 1. The van der Waals surface area contributed by atoms with Crippen molar-refractivity contribution in [1.82, 2.24) is 9.97 Å². The molecule has 0 unspecified atom stereocenters. The minimum absolute atomic E-state index is 0.179. The fraction of sp³-hybridized carbons (Fsp3) is 0.412. The van der Waals surface area contributed by atoms with Crippen molar-refractivity contribution < 1.29 is 4.74 Å². The van der Waals surface area contributed by atoms with E-state index in [-0.39, 0.29) is 5.41 Å². The molecule has 0 radical (unpaired) electrons. The topological polar surface area (TPSA) is 61.0 Å². The van der Waals surface area contributed by atoms with Crippen molar-refractivity contribution in [3.63, 3.8) is 0 Å². The van der Waals surface area contributed by atoms with E-state index in [0.29, 0.717) is 12.6 Å². The number of nitrogens with zero attached hydrogens (tertiary/aromatic N) is 2. The zero-order valence-corrected chi connectivity index (χ0v) is 13.0. The van der Waals surface area contributed by atoms with Crippen LogP contribution in [-0.4, -0.2) is 16.5 Å². The lowest BCUT2D eigenvalue weighted by Crippen LogP contribution is -2.14. The summed E-state index contributed by atoms with van der Waals surface area (Å²) in [5.41, 5.74) is 8.00. The SMILES string of the molecule is CCC(C)(C)c1ccc(Oc2ncc(CCN)cn2)cc1. The maximum atomic E-state index is 5.66. The Morgan fingerprint density at radius 1 is 1.10 bits per heavy atom. The van der Waals surface area contributed by atoms with Crippen LogP contribution in [-0.2, 0) is 11.8 Å². The summed E-state index contributed by atoms with van der Waals surface area (Å²) in [5.74, 6) is 0.747. The zero-order chi connectivity index (χ0) is 15.3. The number of rotatable bonds is 6. The molecule has 0 bridgehead atoms. The molecule has 4 nitrogen and oxygen atoms in total. The first-order valence-corrected chi connectivity index (χ1v) is 7.34. The number of nitrogens with two attached hydrogens (primary N) is 1. The van der Waals surface area contributed by atoms with Crippen molar-refractivity contribution in [2.75, 3.05) is 6.54 Å². The van der Waals surface area contributed by atoms with E-state index in [1.165, 1.54) is 5.56 Å². The van der Waals surface area contributed by atoms with Gasteiger partial charge in [0.1, 0.15) is 5.75 Å². The Bertz CT molecular complexity index is 562. The van der Waals surface area contributed by atoms with Crippen molar-refractivity contribution in [3.05, 3.63) is 47.8 Å². The molecule has 0 aliphatic rings. The van der Waals surface area contributed by atoms with E-state index in [4.69, 9.17) is 10.5 Å². The van der Waals surface area contributed by atoms with E-state index in [0.717, 1.165) is 24.2 Å². The van der Waals surface area contributed by atoms with Gasteiger partial charge in [-0.1, -0.05) is 32.9 Å². The van der Waals surface area contributed by atoms with Crippen LogP contribution in [0.2, 0.25) is 0 Å². The van der Waals surface area contributed by atoms with E-state index < -0.39 is 0 Å². The van der Waals surface area contributed by atoms with E-state index in [9.17, 15) is 0 Å². The third-order valence-corrected chi connectivity index (χ3v) is 3.84. The molecule has 0 atom stereocenters. The first kappa shape index (κ1) is 15.4. The highest BCUT2D eigenvalue weighted by molar-refractivity contribution is 5.32. The van der Waals surface area contributed by atoms with Crippen LogP contribution in [0.5, 0.6) is 11.8 Å². The van der Waals surface area contributed by atoms with E-state index in [2.05, 4.69) is 42.9 Å². The third kappa shape index (κ3) is 4.02. The second-order valence-electron chi connectivity index (χ2n) is 5.78. The maximum Gasteiger partial charge on any atom is 0.321 e. The summed E-state index contributed by atoms with van der Waals surface area (Å²) >= 11 is 0. The summed E-state index contributed by atoms with van der Waals surface area (Å²) in [6.45, 7) is 7.27. The first-order chi connectivity index (χ1) is 10.0. The van der Waals surface area contributed by atoms with Crippen LogP contribution in [0.3, 0.4) is 0 Å². The Morgan fingerprint density at radius 3 is 2.24 bits per heavy atom. The molecular formula is C17H23N3O. The van der Waals surface area contributed by atoms with Gasteiger partial charge in [0.05, 0.1) is 0 Å². The molecule has 0 amide bonds. The number of ether oxygens (including phenoxy) is 1. The van der Waals surface area contributed by atoms with Gasteiger partial charge in [-0.2, -0.15) is 0 Å². The van der Waals surface area contributed by atoms with Crippen molar-refractivity contribution >= 4 is 0 Å². The molecule has 2 N–H and O–H groups in total. The molecule has 2 aromatic rings. The third-order valence-electron chi connectivity index (χ3n) is 3.84. The van der Waals surface area contributed by atoms with Gasteiger partial charge in [-0.05, 0) is 48.1 Å². The molecule has 0 saturated heterocycles. The van der Waals surface area contributed by atoms with Crippen LogP contribution < -0.4 is 10.5 Å². The molecule has 1 aromatic carbocycles. The predicted octanol–water partition coefficient (Wildman–Crippen LogP) is 3.46. The Morgan fingerprint density at radius 2 is 1.71 bits per heavy atom. The van der Waals surface area contributed by atoms with Crippen LogP contribution in [0, 0.1) is 0 Å². The highest BCUT2D eigenvalue weighted by Gasteiger charge is 2.17. The molecule has 0 spiro atoms. The molecule has 0 saturated carbocycles. The lowest BCUT2D eigenvalue weighted by molar-refractivity contribution is 0.439. The van der Waals surface area contributed by atoms with Crippen LogP contribution in [0.25, 0.3) is 0 Å². The molecule has 1 aromatic heterocycles. The van der Waals surface area contributed by atoms with Gasteiger partial charge < -0.3 is 10.5 Å². The lowest BCUT2D eigenvalue weighted by Gasteiger charge is -2.23. The number of hydrogen-bond acceptors (Lipinski definition) is 4. The Kier molecular flexibility index (Phi) is 4.91. The number of aromatic nitrogens is 2. The summed E-state index contributed by atoms with van der Waals surface area (Å²) in [6.07, 6.45) is 5.38. The van der Waals surface area contributed by atoms with Crippen LogP contribution in [0.1, 0.15) is 38.3 Å². The van der Waals surface area contributed by atoms with E-state index in [1.54, 1.807) is 12.4 Å². The molecular weight excluding hydrogens is 262 g/mol. The Hall–Kier alpha value is -1.94. The Balaban J connectivity index is 2.06. The molecule has 0 fully saturated rings. The van der Waals surface area contributed by atoms with Gasteiger partial charge in [0.2, 0.25) is 0 Å². The van der Waals surface area contributed by atoms with Gasteiger partial charge in [0.15, 0.2) is 0 Å². The zero-order valence-electron chi connectivity index (χ0n) is 13.0. The summed E-state index contributed by atoms with van der Waals surface area (Å²) in [6, 6.07) is 8.48. The average Bonchev–Trinajstić information content (AvgIpc) is 2.50. The van der Waals surface area contributed by atoms with Gasteiger partial charge in [0, 0.05) is 12.4 Å². The fourth-order valence-corrected chi connectivity index (χ4v) is 1.98. The Labute approximate surface area is 126 Å². The smallest absolute Gasteiger partial charge is 0.321 e. The quantitative estimate of drug-likeness (QED) is 0.883. The van der Waals surface area contributed by atoms with Gasteiger partial charge in [0.25, 0.3) is 0 Å². The average molecular weight is 285 g/mol. The summed E-state index contributed by atoms with van der Waals surface area (Å²) in [4.78, 5) is 8.38. The summed E-state index contributed by atoms with van der Waals surface area (Å²) < 4.78 is 5.66. The van der Waals surface area contributed by atoms with Crippen LogP contribution in [0.4, 0.5) is 0 Å². The monoisotopic (exact) mass is 285 g/mol. The molecule has 112 valence electrons. The summed E-state index contributed by atoms with van der Waals surface area (Å²) in [5, 5.41) is 0. The largest absolute Gasteiger partial charge is 0.424 e. The van der Waals surface area contributed by atoms with Gasteiger partial charge >= 0.3 is 6.01 Å². The molecule has 4 heteroatoms. The molecule has 0 aliphatic carbocycles. The highest BCUT2D eigenvalue weighted by atomic mass is 16.5. The predicted molar refractivity (Wildman–Crippen MR) is 84.6 cm³/mol. The van der Waals surface area contributed by atoms with E-state index in [1.807, 2.05) is 12.1 Å². The highest BCUT2D eigenvalue weighted by Crippen LogP contribution is 2.28. The molecule has 0 aliphatic heterocycles. The van der Waals surface area contributed by atoms with Crippen LogP contribution in [0.15, 0.2) is 36.7 Å². The minimum atomic E-state index is 0.179. The fourth-order valence-electron chi connectivity index (χ4n) is 1.98. The molecule has 2 rings (SSSR count). The van der Waals surface area contributed by atoms with Gasteiger partial charge in [-0.25, -0.2) is 9.97 Å². The van der Waals surface area contributed by atoms with Gasteiger partial charge in [-0.3, -0.25) is 0 Å². The van der Waals surface area contributed by atoms with Crippen molar-refractivity contribution in [2.45, 2.75) is 39.0 Å². The van der Waals surface area contributed by atoms with Crippen molar-refractivity contribution in [3.8, 4) is 11.8 Å². The minimum Gasteiger partial charge on any atom is -0.424 e. The maximum absolute atomic E-state index is 5.66. The van der Waals surface area contributed by atoms with Crippen molar-refractivity contribution in [2.24, 2.45) is 5.73 Å². The first-order valence-electron chi connectivity index (χ1n) is 7.34. The standard InChI is InChI=1S/C17H23N3O/c1-4-17(2,3)14-5-7-15(8-6-14)21-16-19-11-13(9-10-18)12-20-16/h5-8,11-12H,4,9-10,18H2,1-3H3. The van der Waals surface area contributed by atoms with Crippen molar-refractivity contribution in [1.29, 1.82) is 0 Å².